The highest BCUT2D eigenvalue weighted by Gasteiger charge is 2.23. The Morgan fingerprint density at radius 1 is 0.812 bits per heavy atom. The van der Waals surface area contributed by atoms with Crippen molar-refractivity contribution in [3.05, 3.63) is 59.1 Å². The lowest BCUT2D eigenvalue weighted by molar-refractivity contribution is -0.125. The lowest BCUT2D eigenvalue weighted by atomic mass is 9.91. The van der Waals surface area contributed by atoms with Gasteiger partial charge in [0, 0.05) is 17.1 Å². The second-order valence-corrected chi connectivity index (χ2v) is 8.88. The van der Waals surface area contributed by atoms with E-state index in [0.29, 0.717) is 22.4 Å². The van der Waals surface area contributed by atoms with Gasteiger partial charge in [-0.1, -0.05) is 37.6 Å². The Balaban J connectivity index is 1.31. The first-order valence-corrected chi connectivity index (χ1v) is 11.5. The third kappa shape index (κ3) is 7.75. The topological polar surface area (TPSA) is 76.7 Å². The Labute approximate surface area is 194 Å². The standard InChI is InChI=1S/C25H31ClN2O4/c1-17(2)18-3-11-22(12-4-18)31-15-24(29)27-20-7-9-21(10-8-20)28-25(30)16-32-23-13-5-19(26)6-14-23/h3-6,11-14,17,20-21H,7-10,15-16H2,1-2H3,(H,27,29)(H,28,30)/t20-,21-. The van der Waals surface area contributed by atoms with E-state index in [-0.39, 0.29) is 37.1 Å². The van der Waals surface area contributed by atoms with E-state index in [1.165, 1.54) is 5.56 Å². The molecule has 1 aliphatic carbocycles. The lowest BCUT2D eigenvalue weighted by Gasteiger charge is -2.29. The molecule has 0 unspecified atom stereocenters. The second-order valence-electron chi connectivity index (χ2n) is 8.44. The van der Waals surface area contributed by atoms with Gasteiger partial charge in [-0.3, -0.25) is 9.59 Å². The Morgan fingerprint density at radius 2 is 1.22 bits per heavy atom. The summed E-state index contributed by atoms with van der Waals surface area (Å²) in [5.41, 5.74) is 1.24. The van der Waals surface area contributed by atoms with Gasteiger partial charge in [0.1, 0.15) is 11.5 Å². The van der Waals surface area contributed by atoms with Gasteiger partial charge in [-0.05, 0) is 73.6 Å². The quantitative estimate of drug-likeness (QED) is 0.581. The number of carbonyl (C=O) groups excluding carboxylic acids is 2. The van der Waals surface area contributed by atoms with Crippen LogP contribution in [0.15, 0.2) is 48.5 Å². The Hall–Kier alpha value is -2.73. The minimum absolute atomic E-state index is 0.000271. The molecule has 0 bridgehead atoms. The van der Waals surface area contributed by atoms with Crippen molar-refractivity contribution in [2.24, 2.45) is 0 Å². The maximum Gasteiger partial charge on any atom is 0.258 e. The van der Waals surface area contributed by atoms with Crippen LogP contribution < -0.4 is 20.1 Å². The van der Waals surface area contributed by atoms with Crippen LogP contribution in [0.2, 0.25) is 5.02 Å². The van der Waals surface area contributed by atoms with Gasteiger partial charge in [-0.25, -0.2) is 0 Å². The molecule has 32 heavy (non-hydrogen) atoms. The molecular formula is C25H31ClN2O4. The molecule has 3 rings (SSSR count). The predicted molar refractivity (Wildman–Crippen MR) is 125 cm³/mol. The molecule has 6 nitrogen and oxygen atoms in total. The summed E-state index contributed by atoms with van der Waals surface area (Å²) in [6.07, 6.45) is 3.26. The van der Waals surface area contributed by atoms with Gasteiger partial charge >= 0.3 is 0 Å². The maximum atomic E-state index is 12.2. The Morgan fingerprint density at radius 3 is 1.62 bits per heavy atom. The fraction of sp³-hybridized carbons (Fsp3) is 0.440. The highest BCUT2D eigenvalue weighted by atomic mass is 35.5. The molecular weight excluding hydrogens is 428 g/mol. The van der Waals surface area contributed by atoms with Crippen molar-refractivity contribution < 1.29 is 19.1 Å². The summed E-state index contributed by atoms with van der Waals surface area (Å²) in [6, 6.07) is 14.9. The molecule has 1 fully saturated rings. The summed E-state index contributed by atoms with van der Waals surface area (Å²) in [4.78, 5) is 24.4. The number of rotatable bonds is 9. The average Bonchev–Trinajstić information content (AvgIpc) is 2.79. The van der Waals surface area contributed by atoms with E-state index in [1.54, 1.807) is 24.3 Å². The first-order chi connectivity index (χ1) is 15.4. The van der Waals surface area contributed by atoms with Crippen LogP contribution in [0.3, 0.4) is 0 Å². The smallest absolute Gasteiger partial charge is 0.258 e. The molecule has 0 spiro atoms. The molecule has 7 heteroatoms. The Kier molecular flexibility index (Phi) is 8.80. The fourth-order valence-electron chi connectivity index (χ4n) is 3.70. The van der Waals surface area contributed by atoms with E-state index in [2.05, 4.69) is 24.5 Å². The number of ether oxygens (including phenoxy) is 2. The molecule has 1 saturated carbocycles. The number of benzene rings is 2. The zero-order valence-corrected chi connectivity index (χ0v) is 19.4. The van der Waals surface area contributed by atoms with Crippen LogP contribution in [-0.2, 0) is 9.59 Å². The maximum absolute atomic E-state index is 12.2. The number of hydrogen-bond donors (Lipinski definition) is 2. The minimum Gasteiger partial charge on any atom is -0.484 e. The minimum atomic E-state index is -0.149. The van der Waals surface area contributed by atoms with Crippen LogP contribution in [0.25, 0.3) is 0 Å². The number of carbonyl (C=O) groups is 2. The van der Waals surface area contributed by atoms with Crippen molar-refractivity contribution in [1.82, 2.24) is 10.6 Å². The zero-order chi connectivity index (χ0) is 22.9. The van der Waals surface area contributed by atoms with Crippen molar-refractivity contribution in [3.8, 4) is 11.5 Å². The zero-order valence-electron chi connectivity index (χ0n) is 18.6. The molecule has 0 aliphatic heterocycles. The first-order valence-electron chi connectivity index (χ1n) is 11.1. The van der Waals surface area contributed by atoms with E-state index in [1.807, 2.05) is 24.3 Å². The van der Waals surface area contributed by atoms with Crippen molar-refractivity contribution in [1.29, 1.82) is 0 Å². The highest BCUT2D eigenvalue weighted by molar-refractivity contribution is 6.30. The number of hydrogen-bond acceptors (Lipinski definition) is 4. The summed E-state index contributed by atoms with van der Waals surface area (Å²) in [5, 5.41) is 6.66. The molecule has 0 heterocycles. The summed E-state index contributed by atoms with van der Waals surface area (Å²) in [5.74, 6) is 1.49. The third-order valence-electron chi connectivity index (χ3n) is 5.56. The van der Waals surface area contributed by atoms with Crippen molar-refractivity contribution in [3.63, 3.8) is 0 Å². The summed E-state index contributed by atoms with van der Waals surface area (Å²) < 4.78 is 11.1. The summed E-state index contributed by atoms with van der Waals surface area (Å²) in [7, 11) is 0. The molecule has 2 N–H and O–H groups in total. The van der Waals surface area contributed by atoms with Crippen LogP contribution in [-0.4, -0.2) is 37.1 Å². The van der Waals surface area contributed by atoms with Crippen LogP contribution in [0, 0.1) is 0 Å². The molecule has 1 aliphatic rings. The molecule has 0 aromatic heterocycles. The molecule has 2 aromatic rings. The van der Waals surface area contributed by atoms with Crippen LogP contribution in [0.5, 0.6) is 11.5 Å². The molecule has 2 aromatic carbocycles. The average molecular weight is 459 g/mol. The number of nitrogens with one attached hydrogen (secondary N) is 2. The number of halogens is 1. The molecule has 0 radical (unpaired) electrons. The van der Waals surface area contributed by atoms with Gasteiger partial charge in [0.25, 0.3) is 11.8 Å². The largest absolute Gasteiger partial charge is 0.484 e. The van der Waals surface area contributed by atoms with E-state index in [9.17, 15) is 9.59 Å². The lowest BCUT2D eigenvalue weighted by Crippen LogP contribution is -2.45. The summed E-state index contributed by atoms with van der Waals surface area (Å²) >= 11 is 5.84. The van der Waals surface area contributed by atoms with Crippen LogP contribution >= 0.6 is 11.6 Å². The molecule has 0 saturated heterocycles. The van der Waals surface area contributed by atoms with E-state index in [4.69, 9.17) is 21.1 Å². The molecule has 172 valence electrons. The second kappa shape index (κ2) is 11.8. The van der Waals surface area contributed by atoms with E-state index in [0.717, 1.165) is 25.7 Å². The van der Waals surface area contributed by atoms with E-state index < -0.39 is 0 Å². The van der Waals surface area contributed by atoms with Gasteiger partial charge in [0.2, 0.25) is 0 Å². The van der Waals surface area contributed by atoms with Gasteiger partial charge in [-0.2, -0.15) is 0 Å². The van der Waals surface area contributed by atoms with E-state index >= 15 is 0 Å². The van der Waals surface area contributed by atoms with Crippen LogP contribution in [0.4, 0.5) is 0 Å². The van der Waals surface area contributed by atoms with Gasteiger partial charge < -0.3 is 20.1 Å². The van der Waals surface area contributed by atoms with Gasteiger partial charge in [0.05, 0.1) is 0 Å². The normalized spacial score (nSPS) is 18.1. The molecule has 2 amide bonds. The molecule has 0 atom stereocenters. The highest BCUT2D eigenvalue weighted by Crippen LogP contribution is 2.20. The number of amides is 2. The van der Waals surface area contributed by atoms with Gasteiger partial charge in [-0.15, -0.1) is 0 Å². The fourth-order valence-corrected chi connectivity index (χ4v) is 3.82. The first kappa shape index (κ1) is 23.9. The van der Waals surface area contributed by atoms with Crippen molar-refractivity contribution in [2.75, 3.05) is 13.2 Å². The van der Waals surface area contributed by atoms with Crippen LogP contribution in [0.1, 0.15) is 51.0 Å². The third-order valence-corrected chi connectivity index (χ3v) is 5.81. The Bertz CT molecular complexity index is 876. The van der Waals surface area contributed by atoms with Gasteiger partial charge in [0.15, 0.2) is 13.2 Å². The summed E-state index contributed by atoms with van der Waals surface area (Å²) in [6.45, 7) is 4.24. The SMILES string of the molecule is CC(C)c1ccc(OCC(=O)N[C@H]2CC[C@H](NC(=O)COc3ccc(Cl)cc3)CC2)cc1. The van der Waals surface area contributed by atoms with Crippen molar-refractivity contribution >= 4 is 23.4 Å². The monoisotopic (exact) mass is 458 g/mol. The van der Waals surface area contributed by atoms with Crippen molar-refractivity contribution in [2.45, 2.75) is 57.5 Å². The predicted octanol–water partition coefficient (Wildman–Crippen LogP) is 4.46.